The predicted octanol–water partition coefficient (Wildman–Crippen LogP) is 4.76. The summed E-state index contributed by atoms with van der Waals surface area (Å²) in [5.74, 6) is 0.989. The van der Waals surface area contributed by atoms with Gasteiger partial charge in [-0.05, 0) is 49.1 Å². The number of benzene rings is 2. The second-order valence-electron chi connectivity index (χ2n) is 6.82. The molecule has 0 spiro atoms. The van der Waals surface area contributed by atoms with Gasteiger partial charge in [-0.25, -0.2) is 0 Å². The van der Waals surface area contributed by atoms with Crippen molar-refractivity contribution in [3.05, 3.63) is 59.1 Å². The van der Waals surface area contributed by atoms with Gasteiger partial charge in [-0.1, -0.05) is 48.9 Å². The van der Waals surface area contributed by atoms with E-state index in [0.717, 1.165) is 48.1 Å². The van der Waals surface area contributed by atoms with Crippen molar-refractivity contribution in [3.8, 4) is 5.75 Å². The van der Waals surface area contributed by atoms with Crippen LogP contribution in [0.5, 0.6) is 5.75 Å². The first-order valence-electron chi connectivity index (χ1n) is 9.09. The molecule has 2 aromatic rings. The second-order valence-corrected chi connectivity index (χ2v) is 7.62. The molecule has 1 aliphatic heterocycles. The number of carbonyl (C=O) groups excluding carboxylic acids is 1. The zero-order chi connectivity index (χ0) is 19.2. The highest BCUT2D eigenvalue weighted by Crippen LogP contribution is 2.27. The number of ether oxygens (including phenoxy) is 1. The number of nitrogens with zero attached hydrogens (tertiary/aromatic N) is 1. The van der Waals surface area contributed by atoms with Gasteiger partial charge in [0.1, 0.15) is 10.7 Å². The predicted molar refractivity (Wildman–Crippen MR) is 114 cm³/mol. The van der Waals surface area contributed by atoms with Crippen LogP contribution in [0.4, 0.5) is 5.69 Å². The fourth-order valence-electron chi connectivity index (χ4n) is 3.01. The summed E-state index contributed by atoms with van der Waals surface area (Å²) in [5.41, 5.74) is 1.64. The summed E-state index contributed by atoms with van der Waals surface area (Å²) in [6.45, 7) is 4.13. The molecule has 0 aliphatic carbocycles. The van der Waals surface area contributed by atoms with Crippen LogP contribution in [0, 0.1) is 5.92 Å². The number of para-hydroxylation sites is 1. The molecule has 0 atom stereocenters. The molecule has 3 rings (SSSR count). The zero-order valence-corrected chi connectivity index (χ0v) is 16.9. The van der Waals surface area contributed by atoms with E-state index >= 15 is 0 Å². The Bertz CT molecular complexity index is 805. The molecule has 1 amide bonds. The molecular formula is C21H23ClN2O2S. The third-order valence-electron chi connectivity index (χ3n) is 4.67. The third kappa shape index (κ3) is 5.44. The number of nitrogens with one attached hydrogen (secondary N) is 1. The quantitative estimate of drug-likeness (QED) is 0.732. The number of rotatable bonds is 5. The van der Waals surface area contributed by atoms with E-state index in [4.69, 9.17) is 28.6 Å². The van der Waals surface area contributed by atoms with Gasteiger partial charge in [-0.2, -0.15) is 0 Å². The standard InChI is InChI=1S/C21H23ClN2O2S/c1-15-9-11-24(12-10-15)21(27)16-7-8-19(18(22)13-16)26-14-20(25)23-17-5-3-2-4-6-17/h2-8,13,15H,9-12,14H2,1H3,(H,23,25). The number of piperidine rings is 1. The first-order chi connectivity index (χ1) is 13.0. The first-order valence-corrected chi connectivity index (χ1v) is 9.88. The maximum absolute atomic E-state index is 12.0. The topological polar surface area (TPSA) is 41.6 Å². The van der Waals surface area contributed by atoms with Crippen molar-refractivity contribution in [1.82, 2.24) is 4.90 Å². The average Bonchev–Trinajstić information content (AvgIpc) is 2.68. The van der Waals surface area contributed by atoms with E-state index in [9.17, 15) is 4.79 Å². The summed E-state index contributed by atoms with van der Waals surface area (Å²) >= 11 is 12.0. The summed E-state index contributed by atoms with van der Waals surface area (Å²) in [5, 5.41) is 3.22. The van der Waals surface area contributed by atoms with Crippen molar-refractivity contribution >= 4 is 40.4 Å². The Morgan fingerprint density at radius 3 is 2.59 bits per heavy atom. The van der Waals surface area contributed by atoms with Crippen molar-refractivity contribution in [2.75, 3.05) is 25.0 Å². The lowest BCUT2D eigenvalue weighted by atomic mass is 9.99. The number of thiocarbonyl (C=S) groups is 1. The van der Waals surface area contributed by atoms with Crippen molar-refractivity contribution in [3.63, 3.8) is 0 Å². The second kappa shape index (κ2) is 9.20. The lowest BCUT2D eigenvalue weighted by Gasteiger charge is -2.32. The van der Waals surface area contributed by atoms with E-state index in [0.29, 0.717) is 10.8 Å². The van der Waals surface area contributed by atoms with Gasteiger partial charge in [0.25, 0.3) is 5.91 Å². The van der Waals surface area contributed by atoms with Crippen LogP contribution in [-0.2, 0) is 4.79 Å². The number of anilines is 1. The van der Waals surface area contributed by atoms with Crippen molar-refractivity contribution in [2.45, 2.75) is 19.8 Å². The van der Waals surface area contributed by atoms with E-state index in [2.05, 4.69) is 17.1 Å². The molecule has 1 N–H and O–H groups in total. The molecule has 1 aliphatic rings. The van der Waals surface area contributed by atoms with Crippen LogP contribution in [0.2, 0.25) is 5.02 Å². The largest absolute Gasteiger partial charge is 0.482 e. The van der Waals surface area contributed by atoms with Crippen LogP contribution in [0.3, 0.4) is 0 Å². The van der Waals surface area contributed by atoms with E-state index < -0.39 is 0 Å². The van der Waals surface area contributed by atoms with Crippen LogP contribution in [-0.4, -0.2) is 35.5 Å². The van der Waals surface area contributed by atoms with Crippen molar-refractivity contribution in [1.29, 1.82) is 0 Å². The van der Waals surface area contributed by atoms with Gasteiger partial charge in [0.15, 0.2) is 6.61 Å². The summed E-state index contributed by atoms with van der Waals surface area (Å²) in [4.78, 5) is 15.0. The maximum atomic E-state index is 12.0. The fourth-order valence-corrected chi connectivity index (χ4v) is 3.55. The van der Waals surface area contributed by atoms with Gasteiger partial charge in [0, 0.05) is 24.3 Å². The van der Waals surface area contributed by atoms with Crippen molar-refractivity contribution < 1.29 is 9.53 Å². The summed E-state index contributed by atoms with van der Waals surface area (Å²) in [7, 11) is 0. The molecule has 27 heavy (non-hydrogen) atoms. The summed E-state index contributed by atoms with van der Waals surface area (Å²) < 4.78 is 5.56. The summed E-state index contributed by atoms with van der Waals surface area (Å²) in [6.07, 6.45) is 2.32. The van der Waals surface area contributed by atoms with Gasteiger partial charge in [0.05, 0.1) is 5.02 Å². The molecule has 0 unspecified atom stereocenters. The molecule has 0 aromatic heterocycles. The smallest absolute Gasteiger partial charge is 0.262 e. The normalized spacial score (nSPS) is 14.7. The van der Waals surface area contributed by atoms with E-state index in [1.54, 1.807) is 6.07 Å². The van der Waals surface area contributed by atoms with Gasteiger partial charge >= 0.3 is 0 Å². The number of amides is 1. The van der Waals surface area contributed by atoms with Gasteiger partial charge in [-0.3, -0.25) is 4.79 Å². The minimum absolute atomic E-state index is 0.109. The molecule has 0 radical (unpaired) electrons. The van der Waals surface area contributed by atoms with Gasteiger partial charge < -0.3 is 15.0 Å². The molecule has 0 saturated carbocycles. The number of likely N-dealkylation sites (tertiary alicyclic amines) is 1. The Labute approximate surface area is 170 Å². The Morgan fingerprint density at radius 1 is 1.22 bits per heavy atom. The number of hydrogen-bond donors (Lipinski definition) is 1. The molecule has 4 nitrogen and oxygen atoms in total. The molecule has 142 valence electrons. The fraction of sp³-hybridized carbons (Fsp3) is 0.333. The maximum Gasteiger partial charge on any atom is 0.262 e. The molecular weight excluding hydrogens is 380 g/mol. The molecule has 6 heteroatoms. The van der Waals surface area contributed by atoms with Gasteiger partial charge in [-0.15, -0.1) is 0 Å². The highest BCUT2D eigenvalue weighted by Gasteiger charge is 2.19. The van der Waals surface area contributed by atoms with Crippen molar-refractivity contribution in [2.24, 2.45) is 5.92 Å². The number of carbonyl (C=O) groups is 1. The monoisotopic (exact) mass is 402 g/mol. The molecule has 1 heterocycles. The average molecular weight is 403 g/mol. The van der Waals surface area contributed by atoms with Crippen LogP contribution in [0.1, 0.15) is 25.3 Å². The van der Waals surface area contributed by atoms with Crippen LogP contribution >= 0.6 is 23.8 Å². The van der Waals surface area contributed by atoms with E-state index in [1.165, 1.54) is 0 Å². The highest BCUT2D eigenvalue weighted by molar-refractivity contribution is 7.80. The van der Waals surface area contributed by atoms with Gasteiger partial charge in [0.2, 0.25) is 0 Å². The minimum atomic E-state index is -0.237. The lowest BCUT2D eigenvalue weighted by molar-refractivity contribution is -0.118. The van der Waals surface area contributed by atoms with E-state index in [-0.39, 0.29) is 12.5 Å². The Morgan fingerprint density at radius 2 is 1.93 bits per heavy atom. The minimum Gasteiger partial charge on any atom is -0.482 e. The van der Waals surface area contributed by atoms with Crippen LogP contribution < -0.4 is 10.1 Å². The Hall–Kier alpha value is -2.11. The van der Waals surface area contributed by atoms with E-state index in [1.807, 2.05) is 42.5 Å². The number of hydrogen-bond acceptors (Lipinski definition) is 3. The Kier molecular flexibility index (Phi) is 6.69. The third-order valence-corrected chi connectivity index (χ3v) is 5.46. The number of halogens is 1. The molecule has 2 aromatic carbocycles. The van der Waals surface area contributed by atoms with Crippen LogP contribution in [0.25, 0.3) is 0 Å². The summed E-state index contributed by atoms with van der Waals surface area (Å²) in [6, 6.07) is 14.7. The molecule has 0 bridgehead atoms. The zero-order valence-electron chi connectivity index (χ0n) is 15.3. The molecule has 1 fully saturated rings. The SMILES string of the molecule is CC1CCN(C(=S)c2ccc(OCC(=O)Nc3ccccc3)c(Cl)c2)CC1. The lowest BCUT2D eigenvalue weighted by Crippen LogP contribution is -2.37. The first kappa shape index (κ1) is 19.6. The highest BCUT2D eigenvalue weighted by atomic mass is 35.5. The Balaban J connectivity index is 1.56. The van der Waals surface area contributed by atoms with Crippen LogP contribution in [0.15, 0.2) is 48.5 Å². The molecule has 1 saturated heterocycles.